The van der Waals surface area contributed by atoms with Crippen LogP contribution in [0, 0.1) is 0 Å². The number of nitrogens with two attached hydrogens (primary N) is 1. The van der Waals surface area contributed by atoms with Crippen molar-refractivity contribution >= 4 is 38.8 Å². The zero-order chi connectivity index (χ0) is 13.5. The second kappa shape index (κ2) is 4.63. The summed E-state index contributed by atoms with van der Waals surface area (Å²) in [6, 6.07) is 3.97. The van der Waals surface area contributed by atoms with Crippen molar-refractivity contribution in [3.63, 3.8) is 0 Å². The van der Waals surface area contributed by atoms with Crippen molar-refractivity contribution in [3.05, 3.63) is 34.2 Å². The first-order valence-electron chi connectivity index (χ1n) is 5.74. The molecule has 0 atom stereocenters. The molecule has 0 bridgehead atoms. The van der Waals surface area contributed by atoms with E-state index in [0.717, 1.165) is 21.5 Å². The number of aromatic nitrogens is 2. The largest absolute Gasteiger partial charge is 0.393 e. The van der Waals surface area contributed by atoms with Crippen molar-refractivity contribution in [2.75, 3.05) is 0 Å². The summed E-state index contributed by atoms with van der Waals surface area (Å²) in [5, 5.41) is 0. The van der Waals surface area contributed by atoms with Gasteiger partial charge in [-0.15, -0.1) is 0 Å². The van der Waals surface area contributed by atoms with E-state index >= 15 is 0 Å². The summed E-state index contributed by atoms with van der Waals surface area (Å²) in [5.41, 5.74) is 8.72. The lowest BCUT2D eigenvalue weighted by molar-refractivity contribution is 0.567. The smallest absolute Gasteiger partial charge is 0.137 e. The highest BCUT2D eigenvalue weighted by Crippen LogP contribution is 2.27. The molecule has 0 aliphatic heterocycles. The Bertz CT molecular complexity index is 610. The molecule has 0 saturated heterocycles. The molecule has 2 rings (SSSR count). The van der Waals surface area contributed by atoms with Gasteiger partial charge in [0.15, 0.2) is 0 Å². The zero-order valence-electron chi connectivity index (χ0n) is 10.7. The number of fused-ring (bicyclic) bond motifs is 1. The number of hydrogen-bond donors (Lipinski definition) is 1. The summed E-state index contributed by atoms with van der Waals surface area (Å²) in [5.74, 6) is 0. The van der Waals surface area contributed by atoms with Gasteiger partial charge in [-0.2, -0.15) is 0 Å². The van der Waals surface area contributed by atoms with Crippen molar-refractivity contribution < 1.29 is 0 Å². The van der Waals surface area contributed by atoms with Gasteiger partial charge in [-0.05, 0) is 28.1 Å². The first-order chi connectivity index (χ1) is 8.29. The highest BCUT2D eigenvalue weighted by atomic mass is 79.9. The summed E-state index contributed by atoms with van der Waals surface area (Å²) in [6.07, 6.45) is 2.57. The van der Waals surface area contributed by atoms with Crippen LogP contribution in [0.25, 0.3) is 5.65 Å². The maximum atomic E-state index is 5.70. The maximum absolute atomic E-state index is 5.70. The SMILES string of the molecule is CC(C)(C)c1nc2ccc(Br)cn2c1CC(N)=S. The Morgan fingerprint density at radius 3 is 2.67 bits per heavy atom. The van der Waals surface area contributed by atoms with Gasteiger partial charge < -0.3 is 10.1 Å². The van der Waals surface area contributed by atoms with Gasteiger partial charge in [-0.3, -0.25) is 0 Å². The van der Waals surface area contributed by atoms with Crippen LogP contribution in [0.3, 0.4) is 0 Å². The number of hydrogen-bond acceptors (Lipinski definition) is 2. The Kier molecular flexibility index (Phi) is 3.47. The molecule has 3 nitrogen and oxygen atoms in total. The van der Waals surface area contributed by atoms with Crippen LogP contribution in [0.2, 0.25) is 0 Å². The quantitative estimate of drug-likeness (QED) is 0.862. The van der Waals surface area contributed by atoms with E-state index in [4.69, 9.17) is 22.9 Å². The molecule has 96 valence electrons. The van der Waals surface area contributed by atoms with Crippen LogP contribution in [0.1, 0.15) is 32.2 Å². The number of pyridine rings is 1. The van der Waals surface area contributed by atoms with Crippen molar-refractivity contribution in [1.29, 1.82) is 0 Å². The van der Waals surface area contributed by atoms with Crippen LogP contribution >= 0.6 is 28.1 Å². The van der Waals surface area contributed by atoms with E-state index < -0.39 is 0 Å². The van der Waals surface area contributed by atoms with Gasteiger partial charge in [-0.1, -0.05) is 33.0 Å². The fraction of sp³-hybridized carbons (Fsp3) is 0.385. The molecule has 18 heavy (non-hydrogen) atoms. The summed E-state index contributed by atoms with van der Waals surface area (Å²) in [6.45, 7) is 6.44. The molecule has 2 aromatic heterocycles. The Morgan fingerprint density at radius 1 is 1.44 bits per heavy atom. The second-order valence-electron chi connectivity index (χ2n) is 5.38. The van der Waals surface area contributed by atoms with E-state index in [1.54, 1.807) is 0 Å². The summed E-state index contributed by atoms with van der Waals surface area (Å²) >= 11 is 8.53. The van der Waals surface area contributed by atoms with Crippen LogP contribution in [0.4, 0.5) is 0 Å². The second-order valence-corrected chi connectivity index (χ2v) is 6.82. The number of nitrogens with zero attached hydrogens (tertiary/aromatic N) is 2. The van der Waals surface area contributed by atoms with Crippen molar-refractivity contribution in [3.8, 4) is 0 Å². The highest BCUT2D eigenvalue weighted by molar-refractivity contribution is 9.10. The molecule has 0 spiro atoms. The van der Waals surface area contributed by atoms with Gasteiger partial charge in [0.1, 0.15) is 5.65 Å². The van der Waals surface area contributed by atoms with E-state index in [1.165, 1.54) is 0 Å². The van der Waals surface area contributed by atoms with Crippen LogP contribution in [-0.4, -0.2) is 14.4 Å². The molecule has 0 radical (unpaired) electrons. The summed E-state index contributed by atoms with van der Waals surface area (Å²) < 4.78 is 3.07. The summed E-state index contributed by atoms with van der Waals surface area (Å²) in [4.78, 5) is 5.19. The fourth-order valence-corrected chi connectivity index (χ4v) is 2.48. The first kappa shape index (κ1) is 13.5. The summed E-state index contributed by atoms with van der Waals surface area (Å²) in [7, 11) is 0. The Balaban J connectivity index is 2.73. The predicted octanol–water partition coefficient (Wildman–Crippen LogP) is 3.22. The van der Waals surface area contributed by atoms with E-state index in [2.05, 4.69) is 41.1 Å². The Hall–Kier alpha value is -0.940. The van der Waals surface area contributed by atoms with Crippen LogP contribution in [-0.2, 0) is 11.8 Å². The molecule has 5 heteroatoms. The lowest BCUT2D eigenvalue weighted by atomic mass is 9.90. The molecule has 2 aromatic rings. The van der Waals surface area contributed by atoms with E-state index in [-0.39, 0.29) is 5.41 Å². The van der Waals surface area contributed by atoms with E-state index in [1.807, 2.05) is 18.3 Å². The molecule has 0 aliphatic rings. The minimum Gasteiger partial charge on any atom is -0.393 e. The molecule has 0 fully saturated rings. The molecule has 0 aromatic carbocycles. The van der Waals surface area contributed by atoms with Crippen molar-refractivity contribution in [2.24, 2.45) is 5.73 Å². The molecule has 2 heterocycles. The maximum Gasteiger partial charge on any atom is 0.137 e. The third-order valence-electron chi connectivity index (χ3n) is 2.73. The molecular formula is C13H16BrN3S. The van der Waals surface area contributed by atoms with Gasteiger partial charge in [0.25, 0.3) is 0 Å². The van der Waals surface area contributed by atoms with E-state index in [0.29, 0.717) is 11.4 Å². The van der Waals surface area contributed by atoms with Crippen molar-refractivity contribution in [1.82, 2.24) is 9.38 Å². The lowest BCUT2D eigenvalue weighted by Gasteiger charge is -2.17. The van der Waals surface area contributed by atoms with Crippen LogP contribution in [0.5, 0.6) is 0 Å². The minimum atomic E-state index is -0.0292. The van der Waals surface area contributed by atoms with Crippen molar-refractivity contribution in [2.45, 2.75) is 32.6 Å². The molecule has 0 saturated carbocycles. The standard InChI is InChI=1S/C13H16BrN3S/c1-13(2,3)12-9(6-10(15)18)17-7-8(14)4-5-11(17)16-12/h4-5,7H,6H2,1-3H3,(H2,15,18). The number of imidazole rings is 1. The molecule has 2 N–H and O–H groups in total. The first-order valence-corrected chi connectivity index (χ1v) is 6.94. The van der Waals surface area contributed by atoms with Crippen LogP contribution < -0.4 is 5.73 Å². The fourth-order valence-electron chi connectivity index (χ4n) is 2.00. The Labute approximate surface area is 121 Å². The molecule has 0 aliphatic carbocycles. The number of rotatable bonds is 2. The van der Waals surface area contributed by atoms with Gasteiger partial charge in [-0.25, -0.2) is 4.98 Å². The topological polar surface area (TPSA) is 43.3 Å². The monoisotopic (exact) mass is 325 g/mol. The van der Waals surface area contributed by atoms with Crippen LogP contribution in [0.15, 0.2) is 22.8 Å². The number of halogens is 1. The zero-order valence-corrected chi connectivity index (χ0v) is 13.1. The Morgan fingerprint density at radius 2 is 2.11 bits per heavy atom. The number of thiocarbonyl (C=S) groups is 1. The third kappa shape index (κ3) is 2.57. The van der Waals surface area contributed by atoms with E-state index in [9.17, 15) is 0 Å². The molecule has 0 unspecified atom stereocenters. The average molecular weight is 326 g/mol. The lowest BCUT2D eigenvalue weighted by Crippen LogP contribution is -2.19. The minimum absolute atomic E-state index is 0.0292. The van der Waals surface area contributed by atoms with Gasteiger partial charge in [0, 0.05) is 22.5 Å². The molecule has 0 amide bonds. The highest BCUT2D eigenvalue weighted by Gasteiger charge is 2.24. The third-order valence-corrected chi connectivity index (χ3v) is 3.35. The normalized spacial score (nSPS) is 12.0. The average Bonchev–Trinajstić information content (AvgIpc) is 2.56. The molecular weight excluding hydrogens is 310 g/mol. The predicted molar refractivity (Wildman–Crippen MR) is 82.1 cm³/mol. The van der Waals surface area contributed by atoms with Gasteiger partial charge >= 0.3 is 0 Å². The van der Waals surface area contributed by atoms with Gasteiger partial charge in [0.05, 0.1) is 16.4 Å². The van der Waals surface area contributed by atoms with Gasteiger partial charge in [0.2, 0.25) is 0 Å².